The van der Waals surface area contributed by atoms with Gasteiger partial charge in [0.2, 0.25) is 6.33 Å². The van der Waals surface area contributed by atoms with E-state index in [0.717, 1.165) is 6.42 Å². The molecule has 1 aromatic rings. The Labute approximate surface area is 67.6 Å². The van der Waals surface area contributed by atoms with Gasteiger partial charge in [0.15, 0.2) is 0 Å². The number of allylic oxidation sites excluding steroid dienone is 1. The number of aromatic nitrogens is 2. The normalized spacial score (nSPS) is 12.8. The van der Waals surface area contributed by atoms with Gasteiger partial charge in [-0.2, -0.15) is 0 Å². The zero-order valence-electron chi connectivity index (χ0n) is 6.96. The maximum Gasteiger partial charge on any atom is 0.242 e. The third-order valence-electron chi connectivity index (χ3n) is 1.81. The van der Waals surface area contributed by atoms with Crippen LogP contribution in [-0.4, -0.2) is 4.98 Å². The fourth-order valence-electron chi connectivity index (χ4n) is 1.19. The van der Waals surface area contributed by atoms with Crippen molar-refractivity contribution in [3.05, 3.63) is 31.4 Å². The molecule has 2 heteroatoms. The SMILES string of the molecule is C=CC(CCC)[n+]1cc[nH]c1. The highest BCUT2D eigenvalue weighted by atomic mass is 15.0. The Balaban J connectivity index is 2.63. The Kier molecular flexibility index (Phi) is 2.90. The molecule has 0 amide bonds. The lowest BCUT2D eigenvalue weighted by Gasteiger charge is -2.05. The second kappa shape index (κ2) is 3.96. The first kappa shape index (κ1) is 8.05. The van der Waals surface area contributed by atoms with Crippen molar-refractivity contribution in [2.75, 3.05) is 0 Å². The molecule has 0 saturated carbocycles. The number of rotatable bonds is 4. The summed E-state index contributed by atoms with van der Waals surface area (Å²) in [5.74, 6) is 0. The molecule has 1 aromatic heterocycles. The minimum atomic E-state index is 0.450. The Morgan fingerprint density at radius 3 is 3.00 bits per heavy atom. The van der Waals surface area contributed by atoms with Crippen molar-refractivity contribution in [1.82, 2.24) is 4.98 Å². The van der Waals surface area contributed by atoms with Crippen LogP contribution in [0.5, 0.6) is 0 Å². The molecule has 60 valence electrons. The summed E-state index contributed by atoms with van der Waals surface area (Å²) in [7, 11) is 0. The van der Waals surface area contributed by atoms with Gasteiger partial charge >= 0.3 is 0 Å². The second-order valence-corrected chi connectivity index (χ2v) is 2.65. The predicted octanol–water partition coefficient (Wildman–Crippen LogP) is 1.83. The van der Waals surface area contributed by atoms with Gasteiger partial charge in [-0.15, -0.1) is 0 Å². The molecule has 2 nitrogen and oxygen atoms in total. The van der Waals surface area contributed by atoms with Gasteiger partial charge in [0.05, 0.1) is 0 Å². The number of nitrogens with one attached hydrogen (secondary N) is 1. The van der Waals surface area contributed by atoms with E-state index >= 15 is 0 Å². The molecule has 0 fully saturated rings. The fraction of sp³-hybridized carbons (Fsp3) is 0.444. The summed E-state index contributed by atoms with van der Waals surface area (Å²) >= 11 is 0. The molecule has 1 heterocycles. The average Bonchev–Trinajstić information content (AvgIpc) is 2.52. The molecule has 1 atom stereocenters. The zero-order valence-corrected chi connectivity index (χ0v) is 6.96. The Bertz CT molecular complexity index is 201. The monoisotopic (exact) mass is 151 g/mol. The lowest BCUT2D eigenvalue weighted by molar-refractivity contribution is -0.711. The van der Waals surface area contributed by atoms with Crippen molar-refractivity contribution < 1.29 is 4.57 Å². The van der Waals surface area contributed by atoms with Crippen molar-refractivity contribution in [3.8, 4) is 0 Å². The third kappa shape index (κ3) is 1.93. The van der Waals surface area contributed by atoms with Crippen LogP contribution in [-0.2, 0) is 0 Å². The summed E-state index contributed by atoms with van der Waals surface area (Å²) in [5.41, 5.74) is 0. The van der Waals surface area contributed by atoms with Crippen LogP contribution < -0.4 is 4.57 Å². The lowest BCUT2D eigenvalue weighted by atomic mass is 10.2. The molecular weight excluding hydrogens is 136 g/mol. The quantitative estimate of drug-likeness (QED) is 0.500. The highest BCUT2D eigenvalue weighted by molar-refractivity contribution is 4.75. The van der Waals surface area contributed by atoms with Crippen LogP contribution in [0.3, 0.4) is 0 Å². The molecule has 0 spiro atoms. The van der Waals surface area contributed by atoms with E-state index in [4.69, 9.17) is 0 Å². The van der Waals surface area contributed by atoms with Crippen molar-refractivity contribution >= 4 is 0 Å². The maximum atomic E-state index is 3.80. The number of hydrogen-bond donors (Lipinski definition) is 1. The smallest absolute Gasteiger partial charge is 0.242 e. The van der Waals surface area contributed by atoms with E-state index in [1.54, 1.807) is 0 Å². The van der Waals surface area contributed by atoms with Crippen molar-refractivity contribution in [2.24, 2.45) is 0 Å². The summed E-state index contributed by atoms with van der Waals surface area (Å²) in [6.07, 6.45) is 10.2. The van der Waals surface area contributed by atoms with Gasteiger partial charge in [-0.3, -0.25) is 4.98 Å². The minimum absolute atomic E-state index is 0.450. The van der Waals surface area contributed by atoms with Crippen LogP contribution in [0, 0.1) is 0 Å². The molecule has 1 rings (SSSR count). The van der Waals surface area contributed by atoms with Crippen LogP contribution in [0.2, 0.25) is 0 Å². The molecule has 11 heavy (non-hydrogen) atoms. The summed E-state index contributed by atoms with van der Waals surface area (Å²) in [6.45, 7) is 5.99. The van der Waals surface area contributed by atoms with Gasteiger partial charge in [0.25, 0.3) is 0 Å². The molecule has 0 aliphatic rings. The summed E-state index contributed by atoms with van der Waals surface area (Å²) in [5, 5.41) is 0. The first-order valence-electron chi connectivity index (χ1n) is 4.04. The first-order chi connectivity index (χ1) is 5.38. The Hall–Kier alpha value is -1.05. The van der Waals surface area contributed by atoms with Crippen LogP contribution in [0.25, 0.3) is 0 Å². The molecule has 1 unspecified atom stereocenters. The van der Waals surface area contributed by atoms with E-state index in [1.807, 2.05) is 24.8 Å². The van der Waals surface area contributed by atoms with E-state index in [2.05, 4.69) is 23.1 Å². The highest BCUT2D eigenvalue weighted by Crippen LogP contribution is 2.05. The van der Waals surface area contributed by atoms with Crippen LogP contribution in [0.4, 0.5) is 0 Å². The maximum absolute atomic E-state index is 3.80. The first-order valence-corrected chi connectivity index (χ1v) is 4.04. The van der Waals surface area contributed by atoms with Gasteiger partial charge in [-0.25, -0.2) is 4.57 Å². The zero-order chi connectivity index (χ0) is 8.10. The molecule has 0 saturated heterocycles. The van der Waals surface area contributed by atoms with E-state index in [0.29, 0.717) is 6.04 Å². The number of H-pyrrole nitrogens is 1. The number of hydrogen-bond acceptors (Lipinski definition) is 0. The Morgan fingerprint density at radius 2 is 2.55 bits per heavy atom. The highest BCUT2D eigenvalue weighted by Gasteiger charge is 2.08. The van der Waals surface area contributed by atoms with Gasteiger partial charge in [0, 0.05) is 0 Å². The van der Waals surface area contributed by atoms with Gasteiger partial charge in [-0.1, -0.05) is 19.9 Å². The van der Waals surface area contributed by atoms with E-state index in [1.165, 1.54) is 6.42 Å². The van der Waals surface area contributed by atoms with E-state index < -0.39 is 0 Å². The van der Waals surface area contributed by atoms with E-state index in [9.17, 15) is 0 Å². The van der Waals surface area contributed by atoms with E-state index in [-0.39, 0.29) is 0 Å². The average molecular weight is 151 g/mol. The molecule has 1 N–H and O–H groups in total. The summed E-state index contributed by atoms with van der Waals surface area (Å²) in [6, 6.07) is 0.450. The van der Waals surface area contributed by atoms with Crippen molar-refractivity contribution in [1.29, 1.82) is 0 Å². The Morgan fingerprint density at radius 1 is 1.73 bits per heavy atom. The number of aromatic amines is 1. The largest absolute Gasteiger partial charge is 0.250 e. The van der Waals surface area contributed by atoms with Crippen molar-refractivity contribution in [3.63, 3.8) is 0 Å². The van der Waals surface area contributed by atoms with Crippen LogP contribution in [0.1, 0.15) is 25.8 Å². The topological polar surface area (TPSA) is 19.7 Å². The van der Waals surface area contributed by atoms with Crippen molar-refractivity contribution in [2.45, 2.75) is 25.8 Å². The molecule has 0 bridgehead atoms. The lowest BCUT2D eigenvalue weighted by Crippen LogP contribution is -2.35. The third-order valence-corrected chi connectivity index (χ3v) is 1.81. The number of nitrogens with zero attached hydrogens (tertiary/aromatic N) is 1. The second-order valence-electron chi connectivity index (χ2n) is 2.65. The predicted molar refractivity (Wildman–Crippen MR) is 45.1 cm³/mol. The van der Waals surface area contributed by atoms with Gasteiger partial charge in [-0.05, 0) is 12.5 Å². The fourth-order valence-corrected chi connectivity index (χ4v) is 1.19. The molecule has 0 aliphatic carbocycles. The number of imidazole rings is 1. The van der Waals surface area contributed by atoms with Gasteiger partial charge in [0.1, 0.15) is 18.4 Å². The van der Waals surface area contributed by atoms with Crippen LogP contribution >= 0.6 is 0 Å². The molecular formula is C9H15N2+. The summed E-state index contributed by atoms with van der Waals surface area (Å²) < 4.78 is 2.14. The van der Waals surface area contributed by atoms with Gasteiger partial charge < -0.3 is 0 Å². The standard InChI is InChI=1S/C9H14N2/c1-3-5-9(4-2)11-7-6-10-8-11/h4,6-9H,2-3,5H2,1H3/p+1. The summed E-state index contributed by atoms with van der Waals surface area (Å²) in [4.78, 5) is 3.02. The molecule has 0 aliphatic heterocycles. The molecule has 0 radical (unpaired) electrons. The van der Waals surface area contributed by atoms with Crippen LogP contribution in [0.15, 0.2) is 31.4 Å². The minimum Gasteiger partial charge on any atom is -0.250 e. The molecule has 0 aromatic carbocycles.